The molecule has 0 saturated heterocycles. The van der Waals surface area contributed by atoms with Crippen molar-refractivity contribution in [3.05, 3.63) is 35.4 Å². The standard InChI is InChI=1S/C18H29NO/c1-13(2)16-6-8-17(9-7-16)14(3)19-12-15-4-10-18(20)11-5-15/h6-9,13-15,18-20H,4-5,10-12H2,1-3H3. The van der Waals surface area contributed by atoms with Crippen molar-refractivity contribution in [3.63, 3.8) is 0 Å². The van der Waals surface area contributed by atoms with Crippen molar-refractivity contribution < 1.29 is 5.11 Å². The Balaban J connectivity index is 1.80. The Labute approximate surface area is 123 Å². The normalized spacial score (nSPS) is 24.9. The molecule has 0 aliphatic heterocycles. The number of benzene rings is 1. The molecule has 20 heavy (non-hydrogen) atoms. The lowest BCUT2D eigenvalue weighted by Gasteiger charge is -2.27. The molecule has 1 aromatic rings. The zero-order valence-electron chi connectivity index (χ0n) is 13.1. The van der Waals surface area contributed by atoms with E-state index in [1.165, 1.54) is 11.1 Å². The minimum absolute atomic E-state index is 0.0488. The van der Waals surface area contributed by atoms with Gasteiger partial charge in [0.05, 0.1) is 6.10 Å². The molecule has 1 atom stereocenters. The van der Waals surface area contributed by atoms with Crippen molar-refractivity contribution in [1.82, 2.24) is 5.32 Å². The molecule has 1 aliphatic rings. The first-order valence-corrected chi connectivity index (χ1v) is 8.07. The second kappa shape index (κ2) is 7.24. The SMILES string of the molecule is CC(C)c1ccc(C(C)NCC2CCC(O)CC2)cc1. The second-order valence-electron chi connectivity index (χ2n) is 6.63. The summed E-state index contributed by atoms with van der Waals surface area (Å²) in [4.78, 5) is 0. The van der Waals surface area contributed by atoms with Crippen molar-refractivity contribution in [1.29, 1.82) is 0 Å². The predicted molar refractivity (Wildman–Crippen MR) is 84.9 cm³/mol. The van der Waals surface area contributed by atoms with E-state index in [0.29, 0.717) is 12.0 Å². The van der Waals surface area contributed by atoms with Gasteiger partial charge in [0.2, 0.25) is 0 Å². The molecule has 0 aromatic heterocycles. The molecule has 0 radical (unpaired) electrons. The van der Waals surface area contributed by atoms with Gasteiger partial charge < -0.3 is 10.4 Å². The molecule has 0 spiro atoms. The maximum atomic E-state index is 9.53. The van der Waals surface area contributed by atoms with E-state index in [-0.39, 0.29) is 6.10 Å². The molecule has 1 fully saturated rings. The summed E-state index contributed by atoms with van der Waals surface area (Å²) in [5, 5.41) is 13.2. The maximum Gasteiger partial charge on any atom is 0.0540 e. The van der Waals surface area contributed by atoms with E-state index in [9.17, 15) is 5.11 Å². The van der Waals surface area contributed by atoms with Gasteiger partial charge in [0.1, 0.15) is 0 Å². The fourth-order valence-corrected chi connectivity index (χ4v) is 2.98. The molecule has 2 heteroatoms. The van der Waals surface area contributed by atoms with Crippen LogP contribution in [-0.4, -0.2) is 17.8 Å². The lowest BCUT2D eigenvalue weighted by Crippen LogP contribution is -2.29. The Morgan fingerprint density at radius 3 is 2.10 bits per heavy atom. The van der Waals surface area contributed by atoms with Gasteiger partial charge >= 0.3 is 0 Å². The first-order chi connectivity index (χ1) is 9.56. The summed E-state index contributed by atoms with van der Waals surface area (Å²) >= 11 is 0. The highest BCUT2D eigenvalue weighted by Crippen LogP contribution is 2.24. The van der Waals surface area contributed by atoms with Crippen molar-refractivity contribution in [2.45, 2.75) is 64.5 Å². The number of rotatable bonds is 5. The topological polar surface area (TPSA) is 32.3 Å². The number of hydrogen-bond donors (Lipinski definition) is 2. The average Bonchev–Trinajstić information content (AvgIpc) is 2.46. The third-order valence-corrected chi connectivity index (χ3v) is 4.63. The Hall–Kier alpha value is -0.860. The van der Waals surface area contributed by atoms with Crippen molar-refractivity contribution >= 4 is 0 Å². The highest BCUT2D eigenvalue weighted by atomic mass is 16.3. The molecule has 0 amide bonds. The van der Waals surface area contributed by atoms with Gasteiger partial charge in [0.25, 0.3) is 0 Å². The fraction of sp³-hybridized carbons (Fsp3) is 0.667. The van der Waals surface area contributed by atoms with Crippen molar-refractivity contribution in [2.75, 3.05) is 6.54 Å². The van der Waals surface area contributed by atoms with Crippen LogP contribution in [0.2, 0.25) is 0 Å². The largest absolute Gasteiger partial charge is 0.393 e. The summed E-state index contributed by atoms with van der Waals surface area (Å²) in [5.41, 5.74) is 2.77. The average molecular weight is 275 g/mol. The summed E-state index contributed by atoms with van der Waals surface area (Å²) in [6.45, 7) is 7.77. The molecule has 2 rings (SSSR count). The molecule has 0 heterocycles. The summed E-state index contributed by atoms with van der Waals surface area (Å²) in [6, 6.07) is 9.39. The molecule has 1 aliphatic carbocycles. The smallest absolute Gasteiger partial charge is 0.0540 e. The molecule has 2 nitrogen and oxygen atoms in total. The summed E-state index contributed by atoms with van der Waals surface area (Å²) in [6.07, 6.45) is 4.22. The van der Waals surface area contributed by atoms with E-state index >= 15 is 0 Å². The Morgan fingerprint density at radius 1 is 1.00 bits per heavy atom. The van der Waals surface area contributed by atoms with Crippen LogP contribution >= 0.6 is 0 Å². The summed E-state index contributed by atoms with van der Waals surface area (Å²) < 4.78 is 0. The molecule has 0 bridgehead atoms. The number of aliphatic hydroxyl groups excluding tert-OH is 1. The second-order valence-corrected chi connectivity index (χ2v) is 6.63. The van der Waals surface area contributed by atoms with Gasteiger partial charge in [0.15, 0.2) is 0 Å². The Morgan fingerprint density at radius 2 is 1.55 bits per heavy atom. The van der Waals surface area contributed by atoms with Crippen LogP contribution in [-0.2, 0) is 0 Å². The molecule has 112 valence electrons. The van der Waals surface area contributed by atoms with Gasteiger partial charge in [-0.2, -0.15) is 0 Å². The van der Waals surface area contributed by atoms with Gasteiger partial charge in [-0.15, -0.1) is 0 Å². The monoisotopic (exact) mass is 275 g/mol. The third-order valence-electron chi connectivity index (χ3n) is 4.63. The minimum Gasteiger partial charge on any atom is -0.393 e. The predicted octanol–water partition coefficient (Wildman–Crippen LogP) is 4.01. The van der Waals surface area contributed by atoms with Crippen molar-refractivity contribution in [2.24, 2.45) is 5.92 Å². The number of hydrogen-bond acceptors (Lipinski definition) is 2. The van der Waals surface area contributed by atoms with E-state index in [4.69, 9.17) is 0 Å². The lowest BCUT2D eigenvalue weighted by atomic mass is 9.87. The molecule has 1 unspecified atom stereocenters. The Bertz CT molecular complexity index is 390. The highest BCUT2D eigenvalue weighted by molar-refractivity contribution is 5.26. The van der Waals surface area contributed by atoms with Crippen molar-refractivity contribution in [3.8, 4) is 0 Å². The zero-order valence-corrected chi connectivity index (χ0v) is 13.1. The van der Waals surface area contributed by atoms with E-state index in [2.05, 4.69) is 50.4 Å². The molecule has 1 saturated carbocycles. The maximum absolute atomic E-state index is 9.53. The molecular formula is C18H29NO. The first kappa shape index (κ1) is 15.5. The fourth-order valence-electron chi connectivity index (χ4n) is 2.98. The van der Waals surface area contributed by atoms with E-state index in [1.807, 2.05) is 0 Å². The highest BCUT2D eigenvalue weighted by Gasteiger charge is 2.19. The van der Waals surface area contributed by atoms with Crippen LogP contribution < -0.4 is 5.32 Å². The number of nitrogens with one attached hydrogen (secondary N) is 1. The molecular weight excluding hydrogens is 246 g/mol. The van der Waals surface area contributed by atoms with Gasteiger partial charge in [-0.05, 0) is 62.1 Å². The van der Waals surface area contributed by atoms with Crippen LogP contribution in [0.4, 0.5) is 0 Å². The van der Waals surface area contributed by atoms with Crippen LogP contribution in [0.1, 0.15) is 69.5 Å². The summed E-state index contributed by atoms with van der Waals surface area (Å²) in [5.74, 6) is 1.33. The van der Waals surface area contributed by atoms with E-state index in [1.54, 1.807) is 0 Å². The third kappa shape index (κ3) is 4.32. The molecule has 2 N–H and O–H groups in total. The minimum atomic E-state index is -0.0488. The van der Waals surface area contributed by atoms with Gasteiger partial charge in [-0.1, -0.05) is 38.1 Å². The first-order valence-electron chi connectivity index (χ1n) is 8.07. The molecule has 1 aromatic carbocycles. The lowest BCUT2D eigenvalue weighted by molar-refractivity contribution is 0.108. The van der Waals surface area contributed by atoms with Gasteiger partial charge in [0, 0.05) is 6.04 Å². The van der Waals surface area contributed by atoms with Crippen LogP contribution in [0, 0.1) is 5.92 Å². The summed E-state index contributed by atoms with van der Waals surface area (Å²) in [7, 11) is 0. The van der Waals surface area contributed by atoms with Crippen LogP contribution in [0.25, 0.3) is 0 Å². The quantitative estimate of drug-likeness (QED) is 0.851. The van der Waals surface area contributed by atoms with Crippen LogP contribution in [0.5, 0.6) is 0 Å². The van der Waals surface area contributed by atoms with E-state index in [0.717, 1.165) is 38.1 Å². The number of aliphatic hydroxyl groups is 1. The van der Waals surface area contributed by atoms with Crippen LogP contribution in [0.15, 0.2) is 24.3 Å². The Kier molecular flexibility index (Phi) is 5.62. The van der Waals surface area contributed by atoms with Gasteiger partial charge in [-0.3, -0.25) is 0 Å². The van der Waals surface area contributed by atoms with Gasteiger partial charge in [-0.25, -0.2) is 0 Å². The zero-order chi connectivity index (χ0) is 14.5. The van der Waals surface area contributed by atoms with Crippen LogP contribution in [0.3, 0.4) is 0 Å². The van der Waals surface area contributed by atoms with E-state index < -0.39 is 0 Å².